The third kappa shape index (κ3) is 5.38. The van der Waals surface area contributed by atoms with Crippen LogP contribution >= 0.6 is 24.0 Å². The maximum absolute atomic E-state index is 14.6. The molecule has 1 amide bonds. The number of aryl methyl sites for hydroxylation is 2. The third-order valence-electron chi connectivity index (χ3n) is 6.32. The average molecular weight is 486 g/mol. The summed E-state index contributed by atoms with van der Waals surface area (Å²) in [5.41, 5.74) is 1.69. The standard InChI is InChI=1S/C23H29ClFN3O3.ClH/c1-14-22(15(2)31-26-14)23(29)27(3)12-16-8-17(9-16)30-18-10-20(24)19(21(25)11-18)13-28-6-4-5-7-28;/h10-11,16-17H,4-9,12-13H2,1-3H3;1H. The molecule has 1 aliphatic heterocycles. The van der Waals surface area contributed by atoms with E-state index in [1.807, 2.05) is 0 Å². The van der Waals surface area contributed by atoms with Crippen LogP contribution in [0, 0.1) is 25.6 Å². The Morgan fingerprint density at radius 1 is 1.31 bits per heavy atom. The second-order valence-corrected chi connectivity index (χ2v) is 9.22. The highest BCUT2D eigenvalue weighted by Gasteiger charge is 2.33. The number of ether oxygens (including phenoxy) is 1. The van der Waals surface area contributed by atoms with E-state index >= 15 is 0 Å². The first-order chi connectivity index (χ1) is 14.8. The van der Waals surface area contributed by atoms with Gasteiger partial charge in [0.05, 0.1) is 16.8 Å². The lowest BCUT2D eigenvalue weighted by molar-refractivity contribution is 0.0416. The van der Waals surface area contributed by atoms with Crippen molar-refractivity contribution in [3.63, 3.8) is 0 Å². The molecule has 1 saturated heterocycles. The van der Waals surface area contributed by atoms with Crippen LogP contribution in [0.1, 0.15) is 53.1 Å². The minimum absolute atomic E-state index is 0. The maximum atomic E-state index is 14.6. The quantitative estimate of drug-likeness (QED) is 0.550. The first-order valence-corrected chi connectivity index (χ1v) is 11.2. The van der Waals surface area contributed by atoms with E-state index < -0.39 is 0 Å². The highest BCUT2D eigenvalue weighted by molar-refractivity contribution is 6.31. The van der Waals surface area contributed by atoms with Crippen molar-refractivity contribution in [1.29, 1.82) is 0 Å². The lowest BCUT2D eigenvalue weighted by Crippen LogP contribution is -2.42. The lowest BCUT2D eigenvalue weighted by atomic mass is 9.82. The summed E-state index contributed by atoms with van der Waals surface area (Å²) in [7, 11) is 1.79. The van der Waals surface area contributed by atoms with Crippen molar-refractivity contribution in [1.82, 2.24) is 15.0 Å². The summed E-state index contributed by atoms with van der Waals surface area (Å²) < 4.78 is 25.7. The third-order valence-corrected chi connectivity index (χ3v) is 6.65. The molecule has 2 aromatic rings. The number of rotatable bonds is 7. The molecule has 4 rings (SSSR count). The van der Waals surface area contributed by atoms with Crippen molar-refractivity contribution in [2.75, 3.05) is 26.7 Å². The van der Waals surface area contributed by atoms with Crippen molar-refractivity contribution in [3.05, 3.63) is 45.6 Å². The average Bonchev–Trinajstić information content (AvgIpc) is 3.32. The molecule has 32 heavy (non-hydrogen) atoms. The fraction of sp³-hybridized carbons (Fsp3) is 0.565. The summed E-state index contributed by atoms with van der Waals surface area (Å²) in [4.78, 5) is 16.6. The van der Waals surface area contributed by atoms with Gasteiger partial charge >= 0.3 is 0 Å². The number of hydrogen-bond acceptors (Lipinski definition) is 5. The summed E-state index contributed by atoms with van der Waals surface area (Å²) >= 11 is 6.36. The fourth-order valence-electron chi connectivity index (χ4n) is 4.52. The minimum atomic E-state index is -0.310. The van der Waals surface area contributed by atoms with Crippen molar-refractivity contribution < 1.29 is 18.4 Å². The van der Waals surface area contributed by atoms with Crippen LogP contribution < -0.4 is 4.74 Å². The van der Waals surface area contributed by atoms with Crippen LogP contribution in [0.15, 0.2) is 16.7 Å². The first-order valence-electron chi connectivity index (χ1n) is 10.9. The molecule has 6 nitrogen and oxygen atoms in total. The molecule has 2 aliphatic rings. The number of likely N-dealkylation sites (tertiary alicyclic amines) is 1. The number of nitrogens with zero attached hydrogens (tertiary/aromatic N) is 3. The largest absolute Gasteiger partial charge is 0.490 e. The molecule has 1 saturated carbocycles. The molecule has 0 N–H and O–H groups in total. The molecule has 0 radical (unpaired) electrons. The summed E-state index contributed by atoms with van der Waals surface area (Å²) in [5.74, 6) is 0.958. The van der Waals surface area contributed by atoms with E-state index in [0.717, 1.165) is 38.8 Å². The normalized spacial score (nSPS) is 20.5. The summed E-state index contributed by atoms with van der Waals surface area (Å²) in [5, 5.41) is 4.27. The molecule has 1 aliphatic carbocycles. The van der Waals surface area contributed by atoms with Crippen LogP contribution in [-0.2, 0) is 6.54 Å². The Morgan fingerprint density at radius 3 is 2.59 bits per heavy atom. The van der Waals surface area contributed by atoms with E-state index in [9.17, 15) is 9.18 Å². The van der Waals surface area contributed by atoms with Crippen LogP contribution in [0.4, 0.5) is 4.39 Å². The molecular weight excluding hydrogens is 456 g/mol. The van der Waals surface area contributed by atoms with Gasteiger partial charge in [0.1, 0.15) is 22.9 Å². The molecule has 1 aromatic heterocycles. The van der Waals surface area contributed by atoms with Gasteiger partial charge in [0.2, 0.25) is 0 Å². The summed E-state index contributed by atoms with van der Waals surface area (Å²) in [6.07, 6.45) is 3.94. The Balaban J connectivity index is 0.00000289. The summed E-state index contributed by atoms with van der Waals surface area (Å²) in [6.45, 7) is 6.67. The zero-order valence-corrected chi connectivity index (χ0v) is 20.3. The van der Waals surface area contributed by atoms with Crippen LogP contribution in [0.25, 0.3) is 0 Å². The fourth-order valence-corrected chi connectivity index (χ4v) is 4.78. The van der Waals surface area contributed by atoms with Crippen LogP contribution in [-0.4, -0.2) is 53.6 Å². The highest BCUT2D eigenvalue weighted by atomic mass is 35.5. The van der Waals surface area contributed by atoms with Gasteiger partial charge in [-0.2, -0.15) is 0 Å². The van der Waals surface area contributed by atoms with E-state index in [0.29, 0.717) is 52.4 Å². The molecule has 2 heterocycles. The Kier molecular flexibility index (Phi) is 8.06. The predicted octanol–water partition coefficient (Wildman–Crippen LogP) is 5.03. The van der Waals surface area contributed by atoms with E-state index in [1.54, 1.807) is 31.9 Å². The van der Waals surface area contributed by atoms with Crippen LogP contribution in [0.2, 0.25) is 5.02 Å². The molecule has 0 spiro atoms. The number of halogens is 3. The van der Waals surface area contributed by atoms with Crippen LogP contribution in [0.3, 0.4) is 0 Å². The van der Waals surface area contributed by atoms with Crippen molar-refractivity contribution >= 4 is 29.9 Å². The zero-order chi connectivity index (χ0) is 22.1. The molecule has 0 atom stereocenters. The second-order valence-electron chi connectivity index (χ2n) is 8.81. The Hall–Kier alpha value is -1.83. The van der Waals surface area contributed by atoms with E-state index in [4.69, 9.17) is 20.9 Å². The van der Waals surface area contributed by atoms with Gasteiger partial charge in [-0.25, -0.2) is 4.39 Å². The van der Waals surface area contributed by atoms with E-state index in [-0.39, 0.29) is 30.2 Å². The first kappa shape index (κ1) is 24.8. The predicted molar refractivity (Wildman–Crippen MR) is 123 cm³/mol. The van der Waals surface area contributed by atoms with Crippen molar-refractivity contribution in [2.24, 2.45) is 5.92 Å². The van der Waals surface area contributed by atoms with Gasteiger partial charge in [-0.05, 0) is 64.6 Å². The number of carbonyl (C=O) groups is 1. The van der Waals surface area contributed by atoms with Gasteiger partial charge in [0.25, 0.3) is 5.91 Å². The van der Waals surface area contributed by atoms with Gasteiger partial charge < -0.3 is 14.2 Å². The number of amides is 1. The van der Waals surface area contributed by atoms with Gasteiger partial charge in [-0.3, -0.25) is 9.69 Å². The Bertz CT molecular complexity index is 913. The molecule has 0 bridgehead atoms. The molecule has 9 heteroatoms. The molecular formula is C23H30Cl2FN3O3. The monoisotopic (exact) mass is 485 g/mol. The number of benzene rings is 1. The molecule has 2 fully saturated rings. The van der Waals surface area contributed by atoms with E-state index in [2.05, 4.69) is 10.1 Å². The number of carbonyl (C=O) groups excluding carboxylic acids is 1. The Morgan fingerprint density at radius 2 is 2.00 bits per heavy atom. The van der Waals surface area contributed by atoms with Gasteiger partial charge in [0.15, 0.2) is 0 Å². The summed E-state index contributed by atoms with van der Waals surface area (Å²) in [6, 6.07) is 3.16. The molecule has 0 unspecified atom stereocenters. The molecule has 176 valence electrons. The van der Waals surface area contributed by atoms with Gasteiger partial charge in [0, 0.05) is 31.8 Å². The van der Waals surface area contributed by atoms with Gasteiger partial charge in [-0.1, -0.05) is 16.8 Å². The Labute approximate surface area is 199 Å². The van der Waals surface area contributed by atoms with Crippen molar-refractivity contribution in [2.45, 2.75) is 52.2 Å². The maximum Gasteiger partial charge on any atom is 0.259 e. The topological polar surface area (TPSA) is 58.8 Å². The number of hydrogen-bond donors (Lipinski definition) is 0. The van der Waals surface area contributed by atoms with E-state index in [1.165, 1.54) is 6.07 Å². The van der Waals surface area contributed by atoms with Gasteiger partial charge in [-0.15, -0.1) is 12.4 Å². The van der Waals surface area contributed by atoms with Crippen molar-refractivity contribution in [3.8, 4) is 5.75 Å². The highest BCUT2D eigenvalue weighted by Crippen LogP contribution is 2.35. The zero-order valence-electron chi connectivity index (χ0n) is 18.7. The number of aromatic nitrogens is 1. The lowest BCUT2D eigenvalue weighted by Gasteiger charge is -2.37. The SMILES string of the molecule is Cc1noc(C)c1C(=O)N(C)CC1CC(Oc2cc(F)c(CN3CCCC3)c(Cl)c2)C1.Cl. The smallest absolute Gasteiger partial charge is 0.259 e. The molecule has 1 aromatic carbocycles. The van der Waals surface area contributed by atoms with Crippen LogP contribution in [0.5, 0.6) is 5.75 Å². The second kappa shape index (κ2) is 10.4. The minimum Gasteiger partial charge on any atom is -0.490 e.